The van der Waals surface area contributed by atoms with Crippen LogP contribution < -0.4 is 0 Å². The average Bonchev–Trinajstić information content (AvgIpc) is 3.09. The first-order valence-electron chi connectivity index (χ1n) is 7.59. The quantitative estimate of drug-likeness (QED) is 0.412. The second kappa shape index (κ2) is 4.71. The fraction of sp³-hybridized carbons (Fsp3) is 0. The van der Waals surface area contributed by atoms with Crippen LogP contribution >= 0.6 is 11.8 Å². The summed E-state index contributed by atoms with van der Waals surface area (Å²) < 4.78 is 0. The first-order valence-corrected chi connectivity index (χ1v) is 8.41. The minimum Gasteiger partial charge on any atom is -0.281 e. The normalized spacial score (nSPS) is 14.7. The molecule has 23 heavy (non-hydrogen) atoms. The van der Waals surface area contributed by atoms with Crippen LogP contribution in [0, 0.1) is 0 Å². The fourth-order valence-corrected chi connectivity index (χ4v) is 4.49. The van der Waals surface area contributed by atoms with Crippen LogP contribution in [0.5, 0.6) is 0 Å². The maximum Gasteiger partial charge on any atom is 0.225 e. The topological polar surface area (TPSA) is 17.1 Å². The summed E-state index contributed by atoms with van der Waals surface area (Å²) in [7, 11) is 0. The van der Waals surface area contributed by atoms with E-state index >= 15 is 0 Å². The second-order valence-corrected chi connectivity index (χ2v) is 6.74. The van der Waals surface area contributed by atoms with Gasteiger partial charge in [-0.2, -0.15) is 0 Å². The SMILES string of the molecule is O=C1Sc2ccccc2C1=C1c2ccccc2-c2ccccc21. The van der Waals surface area contributed by atoms with Gasteiger partial charge < -0.3 is 0 Å². The Balaban J connectivity index is 1.93. The largest absolute Gasteiger partial charge is 0.281 e. The average molecular weight is 312 g/mol. The third-order valence-electron chi connectivity index (χ3n) is 4.50. The number of benzene rings is 3. The van der Waals surface area contributed by atoms with E-state index in [2.05, 4.69) is 42.5 Å². The van der Waals surface area contributed by atoms with Crippen molar-refractivity contribution in [1.29, 1.82) is 0 Å². The Morgan fingerprint density at radius 3 is 1.61 bits per heavy atom. The highest BCUT2D eigenvalue weighted by Crippen LogP contribution is 2.51. The lowest BCUT2D eigenvalue weighted by atomic mass is 9.94. The smallest absolute Gasteiger partial charge is 0.225 e. The van der Waals surface area contributed by atoms with Crippen molar-refractivity contribution in [2.24, 2.45) is 0 Å². The number of fused-ring (bicyclic) bond motifs is 4. The van der Waals surface area contributed by atoms with E-state index in [4.69, 9.17) is 0 Å². The third kappa shape index (κ3) is 1.73. The van der Waals surface area contributed by atoms with Gasteiger partial charge in [0, 0.05) is 21.6 Å². The Morgan fingerprint density at radius 1 is 0.522 bits per heavy atom. The van der Waals surface area contributed by atoms with Gasteiger partial charge in [0.2, 0.25) is 5.12 Å². The van der Waals surface area contributed by atoms with E-state index in [1.54, 1.807) is 0 Å². The molecule has 3 aromatic carbocycles. The molecule has 3 aromatic rings. The van der Waals surface area contributed by atoms with Crippen molar-refractivity contribution in [2.45, 2.75) is 4.90 Å². The summed E-state index contributed by atoms with van der Waals surface area (Å²) in [6, 6.07) is 24.8. The zero-order valence-corrected chi connectivity index (χ0v) is 13.1. The molecule has 0 spiro atoms. The molecular formula is C21H12OS. The van der Waals surface area contributed by atoms with Gasteiger partial charge in [0.1, 0.15) is 0 Å². The first kappa shape index (κ1) is 12.9. The summed E-state index contributed by atoms with van der Waals surface area (Å²) in [5.74, 6) is 0. The monoisotopic (exact) mass is 312 g/mol. The highest BCUT2D eigenvalue weighted by Gasteiger charge is 2.33. The molecule has 0 saturated carbocycles. The molecule has 5 rings (SSSR count). The van der Waals surface area contributed by atoms with Gasteiger partial charge >= 0.3 is 0 Å². The number of rotatable bonds is 0. The van der Waals surface area contributed by atoms with Crippen molar-refractivity contribution >= 4 is 28.0 Å². The molecule has 1 aliphatic carbocycles. The maximum absolute atomic E-state index is 12.7. The Hall–Kier alpha value is -2.58. The molecule has 1 aliphatic heterocycles. The summed E-state index contributed by atoms with van der Waals surface area (Å²) >= 11 is 1.34. The number of hydrogen-bond acceptors (Lipinski definition) is 2. The highest BCUT2D eigenvalue weighted by atomic mass is 32.2. The van der Waals surface area contributed by atoms with Crippen molar-refractivity contribution in [1.82, 2.24) is 0 Å². The van der Waals surface area contributed by atoms with E-state index in [1.807, 2.05) is 30.3 Å². The van der Waals surface area contributed by atoms with Gasteiger partial charge in [-0.3, -0.25) is 4.79 Å². The van der Waals surface area contributed by atoms with Crippen LogP contribution in [0.15, 0.2) is 77.7 Å². The maximum atomic E-state index is 12.7. The molecule has 2 heteroatoms. The zero-order valence-electron chi connectivity index (χ0n) is 12.2. The van der Waals surface area contributed by atoms with Gasteiger partial charge in [-0.1, -0.05) is 66.7 Å². The lowest BCUT2D eigenvalue weighted by Crippen LogP contribution is -1.95. The van der Waals surface area contributed by atoms with Crippen molar-refractivity contribution in [2.75, 3.05) is 0 Å². The molecule has 0 N–H and O–H groups in total. The van der Waals surface area contributed by atoms with E-state index in [-0.39, 0.29) is 5.12 Å². The summed E-state index contributed by atoms with van der Waals surface area (Å²) in [6.45, 7) is 0. The van der Waals surface area contributed by atoms with Gasteiger partial charge in [-0.05, 0) is 40.1 Å². The van der Waals surface area contributed by atoms with Crippen LogP contribution in [-0.4, -0.2) is 5.12 Å². The molecule has 0 bridgehead atoms. The van der Waals surface area contributed by atoms with E-state index in [0.717, 1.165) is 32.7 Å². The van der Waals surface area contributed by atoms with Crippen LogP contribution in [0.25, 0.3) is 22.3 Å². The Kier molecular flexibility index (Phi) is 2.64. The summed E-state index contributed by atoms with van der Waals surface area (Å²) in [4.78, 5) is 13.8. The van der Waals surface area contributed by atoms with Gasteiger partial charge in [0.25, 0.3) is 0 Å². The molecule has 0 aromatic heterocycles. The Labute approximate surface area is 138 Å². The van der Waals surface area contributed by atoms with E-state index in [0.29, 0.717) is 0 Å². The number of carbonyl (C=O) groups excluding carboxylic acids is 1. The number of carbonyl (C=O) groups is 1. The van der Waals surface area contributed by atoms with Crippen molar-refractivity contribution in [3.8, 4) is 11.1 Å². The minimum absolute atomic E-state index is 0.146. The zero-order chi connectivity index (χ0) is 15.4. The van der Waals surface area contributed by atoms with E-state index in [1.165, 1.54) is 22.9 Å². The highest BCUT2D eigenvalue weighted by molar-refractivity contribution is 8.15. The van der Waals surface area contributed by atoms with Crippen LogP contribution in [0.3, 0.4) is 0 Å². The number of thioether (sulfide) groups is 1. The third-order valence-corrected chi connectivity index (χ3v) is 5.46. The predicted octanol–water partition coefficient (Wildman–Crippen LogP) is 5.26. The van der Waals surface area contributed by atoms with Gasteiger partial charge in [0.15, 0.2) is 0 Å². The van der Waals surface area contributed by atoms with Crippen molar-refractivity contribution in [3.05, 3.63) is 89.5 Å². The summed E-state index contributed by atoms with van der Waals surface area (Å²) in [5, 5.41) is 0.146. The summed E-state index contributed by atoms with van der Waals surface area (Å²) in [6.07, 6.45) is 0. The Bertz CT molecular complexity index is 966. The minimum atomic E-state index is 0.146. The predicted molar refractivity (Wildman–Crippen MR) is 95.1 cm³/mol. The molecule has 0 saturated heterocycles. The lowest BCUT2D eigenvalue weighted by Gasteiger charge is -2.07. The molecule has 0 fully saturated rings. The van der Waals surface area contributed by atoms with Crippen molar-refractivity contribution < 1.29 is 4.79 Å². The summed E-state index contributed by atoms with van der Waals surface area (Å²) in [5.41, 5.74) is 7.75. The van der Waals surface area contributed by atoms with Gasteiger partial charge in [-0.25, -0.2) is 0 Å². The second-order valence-electron chi connectivity index (χ2n) is 5.73. The van der Waals surface area contributed by atoms with Gasteiger partial charge in [0.05, 0.1) is 0 Å². The van der Waals surface area contributed by atoms with Crippen LogP contribution in [0.2, 0.25) is 0 Å². The van der Waals surface area contributed by atoms with Crippen LogP contribution in [-0.2, 0) is 4.79 Å². The molecule has 2 aliphatic rings. The van der Waals surface area contributed by atoms with Gasteiger partial charge in [-0.15, -0.1) is 0 Å². The molecule has 1 nitrogen and oxygen atoms in total. The number of hydrogen-bond donors (Lipinski definition) is 0. The molecule has 108 valence electrons. The van der Waals surface area contributed by atoms with Crippen LogP contribution in [0.4, 0.5) is 0 Å². The molecule has 0 unspecified atom stereocenters. The molecule has 0 radical (unpaired) electrons. The van der Waals surface area contributed by atoms with Crippen LogP contribution in [0.1, 0.15) is 16.7 Å². The van der Waals surface area contributed by atoms with Crippen molar-refractivity contribution in [3.63, 3.8) is 0 Å². The standard InChI is InChI=1S/C21H12OS/c22-21-20(17-11-5-6-12-18(17)23-21)19-15-9-3-1-7-13(15)14-8-2-4-10-16(14)19/h1-12H. The lowest BCUT2D eigenvalue weighted by molar-refractivity contribution is -0.106. The fourth-order valence-electron chi connectivity index (χ4n) is 3.55. The van der Waals surface area contributed by atoms with E-state index in [9.17, 15) is 4.79 Å². The molecule has 0 atom stereocenters. The van der Waals surface area contributed by atoms with E-state index < -0.39 is 0 Å². The molecule has 0 amide bonds. The molecular weight excluding hydrogens is 300 g/mol. The Morgan fingerprint density at radius 2 is 1.00 bits per heavy atom. The first-order chi connectivity index (χ1) is 11.3. The molecule has 1 heterocycles.